The Morgan fingerprint density at radius 1 is 1.18 bits per heavy atom. The van der Waals surface area contributed by atoms with Crippen LogP contribution in [-0.2, 0) is 4.84 Å². The summed E-state index contributed by atoms with van der Waals surface area (Å²) in [5.74, 6) is 0.551. The van der Waals surface area contributed by atoms with Crippen LogP contribution in [0.15, 0.2) is 0 Å². The minimum atomic E-state index is -0.307. The summed E-state index contributed by atoms with van der Waals surface area (Å²) in [5, 5.41) is 4.87. The Balaban J connectivity index is 2.52. The van der Waals surface area contributed by atoms with Gasteiger partial charge in [0, 0.05) is 6.54 Å². The van der Waals surface area contributed by atoms with E-state index >= 15 is 0 Å². The van der Waals surface area contributed by atoms with E-state index in [1.807, 2.05) is 5.06 Å². The molecule has 4 heteroatoms. The zero-order valence-corrected chi connectivity index (χ0v) is 15.5. The minimum absolute atomic E-state index is 0.106. The van der Waals surface area contributed by atoms with Crippen molar-refractivity contribution in [3.63, 3.8) is 0 Å². The highest BCUT2D eigenvalue weighted by Gasteiger charge is 2.44. The van der Waals surface area contributed by atoms with Crippen LogP contribution in [0.3, 0.4) is 0 Å². The van der Waals surface area contributed by atoms with Crippen LogP contribution in [0.2, 0.25) is 0 Å². The first-order chi connectivity index (χ1) is 10.2. The molecule has 0 aromatic heterocycles. The first-order valence-corrected chi connectivity index (χ1v) is 8.99. The number of unbranched alkanes of at least 4 members (excludes halogenated alkanes) is 1. The molecule has 0 bridgehead atoms. The van der Waals surface area contributed by atoms with Crippen molar-refractivity contribution in [2.24, 2.45) is 5.92 Å². The van der Waals surface area contributed by atoms with Gasteiger partial charge in [-0.15, -0.1) is 5.06 Å². The lowest BCUT2D eigenvalue weighted by Gasteiger charge is -2.50. The molecule has 0 aromatic rings. The van der Waals surface area contributed by atoms with E-state index in [-0.39, 0.29) is 17.2 Å². The van der Waals surface area contributed by atoms with Crippen molar-refractivity contribution in [2.45, 2.75) is 97.6 Å². The molecule has 0 spiro atoms. The Morgan fingerprint density at radius 3 is 2.27 bits per heavy atom. The predicted octanol–water partition coefficient (Wildman–Crippen LogP) is 4.89. The highest BCUT2D eigenvalue weighted by Crippen LogP contribution is 2.38. The minimum Gasteiger partial charge on any atom is -0.350 e. The molecule has 1 aliphatic heterocycles. The summed E-state index contributed by atoms with van der Waals surface area (Å²) in [7, 11) is 0. The molecule has 0 saturated carbocycles. The van der Waals surface area contributed by atoms with Crippen LogP contribution in [-0.4, -0.2) is 28.8 Å². The summed E-state index contributed by atoms with van der Waals surface area (Å²) < 4.78 is 0. The third-order valence-corrected chi connectivity index (χ3v) is 4.93. The first kappa shape index (κ1) is 19.3. The molecule has 1 saturated heterocycles. The quantitative estimate of drug-likeness (QED) is 0.728. The fraction of sp³-hybridized carbons (Fsp3) is 0.944. The summed E-state index contributed by atoms with van der Waals surface area (Å²) in [6, 6.07) is 0. The van der Waals surface area contributed by atoms with E-state index in [1.165, 1.54) is 25.7 Å². The Hall–Kier alpha value is -0.770. The summed E-state index contributed by atoms with van der Waals surface area (Å²) in [5.41, 5.74) is -0.211. The van der Waals surface area contributed by atoms with Crippen molar-refractivity contribution < 1.29 is 9.63 Å². The van der Waals surface area contributed by atoms with Gasteiger partial charge in [0.05, 0.1) is 11.1 Å². The molecular formula is C18H36N2O2. The molecule has 0 radical (unpaired) electrons. The maximum absolute atomic E-state index is 12.2. The summed E-state index contributed by atoms with van der Waals surface area (Å²) >= 11 is 0. The van der Waals surface area contributed by atoms with Gasteiger partial charge in [-0.2, -0.15) is 0 Å². The molecule has 1 unspecified atom stereocenters. The second-order valence-corrected chi connectivity index (χ2v) is 7.95. The molecule has 4 nitrogen and oxygen atoms in total. The van der Waals surface area contributed by atoms with Crippen LogP contribution >= 0.6 is 0 Å². The average Bonchev–Trinajstić information content (AvgIpc) is 2.43. The van der Waals surface area contributed by atoms with Crippen LogP contribution in [0.1, 0.15) is 86.5 Å². The van der Waals surface area contributed by atoms with E-state index in [0.29, 0.717) is 12.5 Å². The van der Waals surface area contributed by atoms with Crippen LogP contribution in [0.5, 0.6) is 0 Å². The van der Waals surface area contributed by atoms with E-state index in [1.54, 1.807) is 0 Å². The van der Waals surface area contributed by atoms with E-state index in [9.17, 15) is 4.79 Å². The molecule has 22 heavy (non-hydrogen) atoms. The maximum Gasteiger partial charge on any atom is 0.426 e. The Kier molecular flexibility index (Phi) is 7.17. The number of hydroxylamine groups is 2. The van der Waals surface area contributed by atoms with Crippen molar-refractivity contribution in [3.8, 4) is 0 Å². The number of carbonyl (C=O) groups excluding carboxylic acids is 1. The predicted molar refractivity (Wildman–Crippen MR) is 91.6 cm³/mol. The second kappa shape index (κ2) is 8.19. The van der Waals surface area contributed by atoms with Gasteiger partial charge in [0.2, 0.25) is 0 Å². The number of nitrogens with one attached hydrogen (secondary N) is 1. The number of hydrogen-bond acceptors (Lipinski definition) is 3. The van der Waals surface area contributed by atoms with Gasteiger partial charge in [-0.3, -0.25) is 0 Å². The lowest BCUT2D eigenvalue weighted by Crippen LogP contribution is -2.59. The molecule has 1 N–H and O–H groups in total. The molecule has 1 fully saturated rings. The third kappa shape index (κ3) is 5.45. The molecule has 0 aromatic carbocycles. The van der Waals surface area contributed by atoms with Gasteiger partial charge in [0.15, 0.2) is 0 Å². The van der Waals surface area contributed by atoms with Crippen molar-refractivity contribution in [1.82, 2.24) is 10.4 Å². The third-order valence-electron chi connectivity index (χ3n) is 4.93. The number of piperidine rings is 1. The highest BCUT2D eigenvalue weighted by molar-refractivity contribution is 5.66. The van der Waals surface area contributed by atoms with Crippen LogP contribution < -0.4 is 5.32 Å². The van der Waals surface area contributed by atoms with Crippen molar-refractivity contribution in [1.29, 1.82) is 0 Å². The molecule has 1 aliphatic rings. The lowest BCUT2D eigenvalue weighted by atomic mass is 9.82. The topological polar surface area (TPSA) is 41.6 Å². The van der Waals surface area contributed by atoms with Gasteiger partial charge in [-0.05, 0) is 59.3 Å². The smallest absolute Gasteiger partial charge is 0.350 e. The van der Waals surface area contributed by atoms with Gasteiger partial charge in [0.1, 0.15) is 0 Å². The Morgan fingerprint density at radius 2 is 1.77 bits per heavy atom. The van der Waals surface area contributed by atoms with Crippen molar-refractivity contribution in [3.05, 3.63) is 0 Å². The van der Waals surface area contributed by atoms with Gasteiger partial charge >= 0.3 is 6.09 Å². The van der Waals surface area contributed by atoms with Gasteiger partial charge < -0.3 is 10.2 Å². The Bertz CT molecular complexity index is 337. The molecular weight excluding hydrogens is 276 g/mol. The molecule has 0 aliphatic carbocycles. The molecule has 1 atom stereocenters. The van der Waals surface area contributed by atoms with E-state index in [2.05, 4.69) is 46.9 Å². The first-order valence-electron chi connectivity index (χ1n) is 8.99. The van der Waals surface area contributed by atoms with Crippen LogP contribution in [0.4, 0.5) is 4.79 Å². The van der Waals surface area contributed by atoms with E-state index < -0.39 is 0 Å². The van der Waals surface area contributed by atoms with E-state index in [4.69, 9.17) is 4.84 Å². The summed E-state index contributed by atoms with van der Waals surface area (Å²) in [6.07, 6.45) is 7.68. The number of amides is 1. The highest BCUT2D eigenvalue weighted by atomic mass is 16.7. The van der Waals surface area contributed by atoms with Crippen molar-refractivity contribution in [2.75, 3.05) is 6.54 Å². The molecule has 1 amide bonds. The fourth-order valence-electron chi connectivity index (χ4n) is 3.51. The number of hydrogen-bond donors (Lipinski definition) is 1. The van der Waals surface area contributed by atoms with Gasteiger partial charge in [-0.25, -0.2) is 4.79 Å². The standard InChI is InChI=1S/C18H36N2O2/c1-7-9-11-15(8-2)14-19-16(21)22-20-17(3,4)12-10-13-18(20,5)6/h15H,7-14H2,1-6H3,(H,19,21). The number of carbonyl (C=O) groups is 1. The van der Waals surface area contributed by atoms with Crippen LogP contribution in [0.25, 0.3) is 0 Å². The SMILES string of the molecule is CCCCC(CC)CNC(=O)ON1C(C)(C)CCCC1(C)C. The van der Waals surface area contributed by atoms with Crippen molar-refractivity contribution >= 4 is 6.09 Å². The zero-order chi connectivity index (χ0) is 16.8. The average molecular weight is 312 g/mol. The normalized spacial score (nSPS) is 22.1. The Labute approximate surface area is 136 Å². The maximum atomic E-state index is 12.2. The molecule has 130 valence electrons. The van der Waals surface area contributed by atoms with Gasteiger partial charge in [0.25, 0.3) is 0 Å². The molecule has 1 rings (SSSR count). The summed E-state index contributed by atoms with van der Waals surface area (Å²) in [4.78, 5) is 17.9. The fourth-order valence-corrected chi connectivity index (χ4v) is 3.51. The lowest BCUT2D eigenvalue weighted by molar-refractivity contribution is -0.239. The number of rotatable bonds is 7. The second-order valence-electron chi connectivity index (χ2n) is 7.95. The van der Waals surface area contributed by atoms with E-state index in [0.717, 1.165) is 19.3 Å². The summed E-state index contributed by atoms with van der Waals surface area (Å²) in [6.45, 7) is 13.7. The zero-order valence-electron chi connectivity index (χ0n) is 15.5. The monoisotopic (exact) mass is 312 g/mol. The van der Waals surface area contributed by atoms with Gasteiger partial charge in [-0.1, -0.05) is 33.1 Å². The molecule has 1 heterocycles. The number of nitrogens with zero attached hydrogens (tertiary/aromatic N) is 1. The largest absolute Gasteiger partial charge is 0.426 e. The van der Waals surface area contributed by atoms with Crippen LogP contribution in [0, 0.1) is 5.92 Å².